The van der Waals surface area contributed by atoms with Crippen LogP contribution in [0, 0.1) is 0 Å². The predicted molar refractivity (Wildman–Crippen MR) is 78.1 cm³/mol. The number of carboxylic acid groups (broad SMARTS) is 1. The van der Waals surface area contributed by atoms with E-state index >= 15 is 0 Å². The number of hydrogen-bond donors (Lipinski definition) is 1. The summed E-state index contributed by atoms with van der Waals surface area (Å²) in [5.41, 5.74) is -0.0510. The lowest BCUT2D eigenvalue weighted by Crippen LogP contribution is -2.33. The highest BCUT2D eigenvalue weighted by atomic mass is 35.5. The van der Waals surface area contributed by atoms with Gasteiger partial charge in [-0.15, -0.1) is 0 Å². The van der Waals surface area contributed by atoms with E-state index in [0.29, 0.717) is 6.42 Å². The number of anilines is 1. The number of halogens is 2. The third kappa shape index (κ3) is 3.55. The molecule has 7 heteroatoms. The number of carbonyl (C=O) groups is 2. The average molecular weight is 320 g/mol. The van der Waals surface area contributed by atoms with Gasteiger partial charge in [-0.05, 0) is 25.5 Å². The highest BCUT2D eigenvalue weighted by molar-refractivity contribution is 6.44. The molecule has 0 fully saturated rings. The molecule has 1 amide bonds. The van der Waals surface area contributed by atoms with Crippen molar-refractivity contribution in [2.45, 2.75) is 20.3 Å². The zero-order valence-electron chi connectivity index (χ0n) is 11.2. The minimum absolute atomic E-state index is 0.0156. The monoisotopic (exact) mass is 319 g/mol. The molecule has 0 aliphatic carbocycles. The van der Waals surface area contributed by atoms with E-state index in [2.05, 4.69) is 0 Å². The second-order valence-electron chi connectivity index (χ2n) is 3.92. The van der Waals surface area contributed by atoms with Crippen molar-refractivity contribution < 1.29 is 19.4 Å². The molecular weight excluding hydrogens is 305 g/mol. The number of ether oxygens (including phenoxy) is 1. The van der Waals surface area contributed by atoms with Gasteiger partial charge >= 0.3 is 12.1 Å². The van der Waals surface area contributed by atoms with Gasteiger partial charge in [0.15, 0.2) is 0 Å². The van der Waals surface area contributed by atoms with E-state index in [9.17, 15) is 14.7 Å². The molecule has 1 aromatic carbocycles. The highest BCUT2D eigenvalue weighted by Crippen LogP contribution is 2.36. The molecule has 1 N–H and O–H groups in total. The molecule has 0 saturated heterocycles. The quantitative estimate of drug-likeness (QED) is 0.888. The van der Waals surface area contributed by atoms with Crippen molar-refractivity contribution in [2.75, 3.05) is 18.1 Å². The maximum Gasteiger partial charge on any atom is 0.414 e. The molecule has 0 bridgehead atoms. The molecule has 0 unspecified atom stereocenters. The van der Waals surface area contributed by atoms with Gasteiger partial charge < -0.3 is 9.84 Å². The molecule has 0 saturated carbocycles. The molecule has 0 atom stereocenters. The summed E-state index contributed by atoms with van der Waals surface area (Å²) in [4.78, 5) is 24.4. The number of benzene rings is 1. The van der Waals surface area contributed by atoms with Crippen molar-refractivity contribution in [3.8, 4) is 0 Å². The fourth-order valence-electron chi connectivity index (χ4n) is 1.62. The highest BCUT2D eigenvalue weighted by Gasteiger charge is 2.25. The molecular formula is C13H15Cl2NO4. The number of carboxylic acids is 1. The van der Waals surface area contributed by atoms with Gasteiger partial charge in [0, 0.05) is 6.54 Å². The van der Waals surface area contributed by atoms with Crippen molar-refractivity contribution >= 4 is 41.0 Å². The summed E-state index contributed by atoms with van der Waals surface area (Å²) in [5, 5.41) is 9.39. The van der Waals surface area contributed by atoms with Crippen LogP contribution in [0.15, 0.2) is 12.1 Å². The molecule has 1 aromatic rings. The van der Waals surface area contributed by atoms with Gasteiger partial charge in [-0.1, -0.05) is 30.1 Å². The van der Waals surface area contributed by atoms with Crippen molar-refractivity contribution in [1.82, 2.24) is 0 Å². The third-order valence-corrected chi connectivity index (χ3v) is 3.33. The smallest absolute Gasteiger partial charge is 0.414 e. The molecule has 1 rings (SSSR count). The standard InChI is InChI=1S/C13H15Cl2NO4/c1-3-7-20-13(19)16(4-2)11-8(12(17)18)5-6-9(14)10(11)15/h5-6H,3-4,7H2,1-2H3,(H,17,18). The summed E-state index contributed by atoms with van der Waals surface area (Å²) >= 11 is 11.9. The minimum Gasteiger partial charge on any atom is -0.478 e. The number of rotatable bonds is 5. The van der Waals surface area contributed by atoms with Crippen molar-refractivity contribution in [1.29, 1.82) is 0 Å². The van der Waals surface area contributed by atoms with Crippen LogP contribution in [0.25, 0.3) is 0 Å². The van der Waals surface area contributed by atoms with Crippen LogP contribution in [-0.4, -0.2) is 30.3 Å². The van der Waals surface area contributed by atoms with Gasteiger partial charge in [-0.25, -0.2) is 9.59 Å². The molecule has 0 heterocycles. The van der Waals surface area contributed by atoms with Crippen LogP contribution >= 0.6 is 23.2 Å². The molecule has 20 heavy (non-hydrogen) atoms. The normalized spacial score (nSPS) is 10.2. The zero-order chi connectivity index (χ0) is 15.3. The molecule has 0 aliphatic rings. The Balaban J connectivity index is 3.29. The topological polar surface area (TPSA) is 66.8 Å². The van der Waals surface area contributed by atoms with Gasteiger partial charge in [-0.2, -0.15) is 0 Å². The first-order chi connectivity index (χ1) is 9.43. The Morgan fingerprint density at radius 1 is 1.30 bits per heavy atom. The van der Waals surface area contributed by atoms with Crippen molar-refractivity contribution in [3.63, 3.8) is 0 Å². The SMILES string of the molecule is CCCOC(=O)N(CC)c1c(C(=O)O)ccc(Cl)c1Cl. The number of amides is 1. The van der Waals surface area contributed by atoms with Crippen molar-refractivity contribution in [3.05, 3.63) is 27.7 Å². The van der Waals surface area contributed by atoms with Crippen LogP contribution in [0.1, 0.15) is 30.6 Å². The molecule has 0 aliphatic heterocycles. The van der Waals surface area contributed by atoms with E-state index in [1.165, 1.54) is 12.1 Å². The van der Waals surface area contributed by atoms with E-state index in [1.807, 2.05) is 6.92 Å². The Morgan fingerprint density at radius 2 is 1.95 bits per heavy atom. The Hall–Kier alpha value is -1.46. The fraction of sp³-hybridized carbons (Fsp3) is 0.385. The number of carbonyl (C=O) groups excluding carboxylic acids is 1. The molecule has 0 aromatic heterocycles. The second kappa shape index (κ2) is 7.36. The van der Waals surface area contributed by atoms with Crippen LogP contribution in [0.3, 0.4) is 0 Å². The number of hydrogen-bond acceptors (Lipinski definition) is 3. The summed E-state index contributed by atoms with van der Waals surface area (Å²) in [5.74, 6) is -1.19. The second-order valence-corrected chi connectivity index (χ2v) is 4.71. The maximum atomic E-state index is 12.0. The summed E-state index contributed by atoms with van der Waals surface area (Å²) in [6, 6.07) is 2.68. The van der Waals surface area contributed by atoms with Gasteiger partial charge in [0.05, 0.1) is 27.9 Å². The molecule has 0 spiro atoms. The fourth-order valence-corrected chi connectivity index (χ4v) is 2.04. The summed E-state index contributed by atoms with van der Waals surface area (Å²) in [6.07, 6.45) is 0.0132. The minimum atomic E-state index is -1.19. The molecule has 5 nitrogen and oxygen atoms in total. The van der Waals surface area contributed by atoms with Crippen LogP contribution in [0.2, 0.25) is 10.0 Å². The Labute approximate surface area is 127 Å². The van der Waals surface area contributed by atoms with Gasteiger partial charge in [0.1, 0.15) is 0 Å². The Morgan fingerprint density at radius 3 is 2.45 bits per heavy atom. The lowest BCUT2D eigenvalue weighted by atomic mass is 10.1. The van der Waals surface area contributed by atoms with Crippen LogP contribution < -0.4 is 4.90 Å². The van der Waals surface area contributed by atoms with Gasteiger partial charge in [0.25, 0.3) is 0 Å². The molecule has 110 valence electrons. The zero-order valence-corrected chi connectivity index (χ0v) is 12.7. The van der Waals surface area contributed by atoms with Crippen LogP contribution in [-0.2, 0) is 4.74 Å². The average Bonchev–Trinajstić information content (AvgIpc) is 2.41. The van der Waals surface area contributed by atoms with Crippen molar-refractivity contribution in [2.24, 2.45) is 0 Å². The van der Waals surface area contributed by atoms with Gasteiger partial charge in [-0.3, -0.25) is 4.90 Å². The first-order valence-electron chi connectivity index (χ1n) is 6.09. The number of aromatic carboxylic acids is 1. The summed E-state index contributed by atoms with van der Waals surface area (Å²) in [7, 11) is 0. The lowest BCUT2D eigenvalue weighted by molar-refractivity contribution is 0.0697. The van der Waals surface area contributed by atoms with E-state index < -0.39 is 12.1 Å². The molecule has 0 radical (unpaired) electrons. The first-order valence-corrected chi connectivity index (χ1v) is 6.85. The van der Waals surface area contributed by atoms with E-state index in [-0.39, 0.29) is 34.4 Å². The number of nitrogens with zero attached hydrogens (tertiary/aromatic N) is 1. The van der Waals surface area contributed by atoms with E-state index in [0.717, 1.165) is 4.90 Å². The Bertz CT molecular complexity index is 519. The Kier molecular flexibility index (Phi) is 6.10. The van der Waals surface area contributed by atoms with E-state index in [4.69, 9.17) is 27.9 Å². The van der Waals surface area contributed by atoms with E-state index in [1.54, 1.807) is 6.92 Å². The van der Waals surface area contributed by atoms with Gasteiger partial charge in [0.2, 0.25) is 0 Å². The predicted octanol–water partition coefficient (Wildman–Crippen LogP) is 4.06. The summed E-state index contributed by atoms with van der Waals surface area (Å²) < 4.78 is 5.02. The largest absolute Gasteiger partial charge is 0.478 e. The lowest BCUT2D eigenvalue weighted by Gasteiger charge is -2.23. The van der Waals surface area contributed by atoms with Crippen LogP contribution in [0.5, 0.6) is 0 Å². The maximum absolute atomic E-state index is 12.0. The first kappa shape index (κ1) is 16.6. The third-order valence-electron chi connectivity index (χ3n) is 2.54. The summed E-state index contributed by atoms with van der Waals surface area (Å²) in [6.45, 7) is 4.01. The van der Waals surface area contributed by atoms with Crippen LogP contribution in [0.4, 0.5) is 10.5 Å².